The summed E-state index contributed by atoms with van der Waals surface area (Å²) < 4.78 is 4.91. The fourth-order valence-corrected chi connectivity index (χ4v) is 1.80. The van der Waals surface area contributed by atoms with E-state index in [1.165, 1.54) is 19.1 Å². The van der Waals surface area contributed by atoms with E-state index in [0.29, 0.717) is 24.3 Å². The number of carbonyl (C=O) groups excluding carboxylic acids is 2. The molecule has 0 aromatic heterocycles. The molecule has 1 aromatic carbocycles. The number of carboxylic acid groups (broad SMARTS) is 1. The molecule has 0 spiro atoms. The van der Waals surface area contributed by atoms with E-state index in [-0.39, 0.29) is 5.91 Å². The number of amides is 2. The summed E-state index contributed by atoms with van der Waals surface area (Å²) in [5.74, 6) is -1.68. The standard InChI is InChI=1S/C16H22N2O5/c1-11(16(21)22)17-15(20)12-6-8-13(9-7-12)18-14(19)5-3-4-10-23-2/h6-9,11H,3-5,10H2,1-2H3,(H,17,20)(H,18,19)(H,21,22). The van der Waals surface area contributed by atoms with Crippen molar-refractivity contribution in [3.05, 3.63) is 29.8 Å². The molecule has 0 saturated carbocycles. The maximum Gasteiger partial charge on any atom is 0.325 e. The Kier molecular flexibility index (Phi) is 7.76. The molecule has 0 aliphatic carbocycles. The van der Waals surface area contributed by atoms with Gasteiger partial charge in [-0.2, -0.15) is 0 Å². The minimum atomic E-state index is -1.10. The quantitative estimate of drug-likeness (QED) is 0.600. The van der Waals surface area contributed by atoms with Gasteiger partial charge in [0.25, 0.3) is 5.91 Å². The van der Waals surface area contributed by atoms with E-state index < -0.39 is 17.9 Å². The highest BCUT2D eigenvalue weighted by Gasteiger charge is 2.15. The number of carbonyl (C=O) groups is 3. The van der Waals surface area contributed by atoms with Gasteiger partial charge in [-0.05, 0) is 44.0 Å². The second-order valence-electron chi connectivity index (χ2n) is 5.11. The molecule has 1 rings (SSSR count). The summed E-state index contributed by atoms with van der Waals surface area (Å²) in [6.45, 7) is 2.02. The monoisotopic (exact) mass is 322 g/mol. The Balaban J connectivity index is 2.48. The Morgan fingerprint density at radius 2 is 1.83 bits per heavy atom. The van der Waals surface area contributed by atoms with Crippen LogP contribution in [0, 0.1) is 0 Å². The van der Waals surface area contributed by atoms with Crippen molar-refractivity contribution >= 4 is 23.5 Å². The maximum atomic E-state index is 11.8. The summed E-state index contributed by atoms with van der Waals surface area (Å²) in [6.07, 6.45) is 1.97. The Hall–Kier alpha value is -2.41. The number of hydrogen-bond donors (Lipinski definition) is 3. The third-order valence-electron chi connectivity index (χ3n) is 3.15. The molecule has 0 radical (unpaired) electrons. The molecule has 1 aromatic rings. The van der Waals surface area contributed by atoms with Crippen molar-refractivity contribution in [1.82, 2.24) is 5.32 Å². The Labute approximate surface area is 135 Å². The van der Waals surface area contributed by atoms with Gasteiger partial charge >= 0.3 is 5.97 Å². The number of anilines is 1. The van der Waals surface area contributed by atoms with E-state index in [2.05, 4.69) is 10.6 Å². The lowest BCUT2D eigenvalue weighted by Crippen LogP contribution is -2.38. The lowest BCUT2D eigenvalue weighted by molar-refractivity contribution is -0.138. The average molecular weight is 322 g/mol. The predicted molar refractivity (Wildman–Crippen MR) is 85.4 cm³/mol. The van der Waals surface area contributed by atoms with Crippen LogP contribution in [0.25, 0.3) is 0 Å². The van der Waals surface area contributed by atoms with Crippen molar-refractivity contribution in [3.8, 4) is 0 Å². The van der Waals surface area contributed by atoms with E-state index in [0.717, 1.165) is 12.8 Å². The van der Waals surface area contributed by atoms with Gasteiger partial charge in [0.1, 0.15) is 6.04 Å². The molecule has 1 unspecified atom stereocenters. The first kappa shape index (κ1) is 18.6. The first-order valence-corrected chi connectivity index (χ1v) is 7.36. The summed E-state index contributed by atoms with van der Waals surface area (Å²) in [5.41, 5.74) is 0.917. The molecular formula is C16H22N2O5. The summed E-state index contributed by atoms with van der Waals surface area (Å²) in [5, 5.41) is 13.9. The fraction of sp³-hybridized carbons (Fsp3) is 0.438. The number of unbranched alkanes of at least 4 members (excludes halogenated alkanes) is 1. The normalized spacial score (nSPS) is 11.6. The van der Waals surface area contributed by atoms with Crippen LogP contribution in [0.1, 0.15) is 36.5 Å². The molecule has 7 heteroatoms. The summed E-state index contributed by atoms with van der Waals surface area (Å²) in [4.78, 5) is 34.2. The second kappa shape index (κ2) is 9.58. The zero-order chi connectivity index (χ0) is 17.2. The fourth-order valence-electron chi connectivity index (χ4n) is 1.80. The van der Waals surface area contributed by atoms with Gasteiger partial charge in [-0.3, -0.25) is 14.4 Å². The number of benzene rings is 1. The largest absolute Gasteiger partial charge is 0.480 e. The van der Waals surface area contributed by atoms with Gasteiger partial charge < -0.3 is 20.5 Å². The van der Waals surface area contributed by atoms with Crippen molar-refractivity contribution in [1.29, 1.82) is 0 Å². The van der Waals surface area contributed by atoms with Gasteiger partial charge in [0, 0.05) is 31.4 Å². The highest BCUT2D eigenvalue weighted by molar-refractivity contribution is 5.97. The lowest BCUT2D eigenvalue weighted by Gasteiger charge is -2.10. The van der Waals surface area contributed by atoms with Gasteiger partial charge in [0.05, 0.1) is 0 Å². The van der Waals surface area contributed by atoms with Crippen LogP contribution in [0.3, 0.4) is 0 Å². The predicted octanol–water partition coefficient (Wildman–Crippen LogP) is 1.64. The number of carboxylic acids is 1. The highest BCUT2D eigenvalue weighted by atomic mass is 16.5. The molecule has 2 amide bonds. The molecular weight excluding hydrogens is 300 g/mol. The molecule has 7 nitrogen and oxygen atoms in total. The molecule has 0 fully saturated rings. The van der Waals surface area contributed by atoms with Crippen LogP contribution >= 0.6 is 0 Å². The van der Waals surface area contributed by atoms with Gasteiger partial charge in [0.15, 0.2) is 0 Å². The molecule has 1 atom stereocenters. The van der Waals surface area contributed by atoms with Crippen LogP contribution in [0.2, 0.25) is 0 Å². The highest BCUT2D eigenvalue weighted by Crippen LogP contribution is 2.11. The first-order chi connectivity index (χ1) is 10.9. The van der Waals surface area contributed by atoms with Gasteiger partial charge in [0.2, 0.25) is 5.91 Å². The van der Waals surface area contributed by atoms with E-state index in [9.17, 15) is 14.4 Å². The molecule has 0 heterocycles. The molecule has 23 heavy (non-hydrogen) atoms. The van der Waals surface area contributed by atoms with Crippen molar-refractivity contribution in [2.24, 2.45) is 0 Å². The van der Waals surface area contributed by atoms with Gasteiger partial charge in [-0.1, -0.05) is 0 Å². The third-order valence-corrected chi connectivity index (χ3v) is 3.15. The number of rotatable bonds is 9. The summed E-state index contributed by atoms with van der Waals surface area (Å²) in [7, 11) is 1.62. The average Bonchev–Trinajstić information content (AvgIpc) is 2.52. The molecule has 0 saturated heterocycles. The maximum absolute atomic E-state index is 11.8. The van der Waals surface area contributed by atoms with Gasteiger partial charge in [-0.15, -0.1) is 0 Å². The van der Waals surface area contributed by atoms with Gasteiger partial charge in [-0.25, -0.2) is 0 Å². The molecule has 126 valence electrons. The smallest absolute Gasteiger partial charge is 0.325 e. The van der Waals surface area contributed by atoms with Crippen LogP contribution < -0.4 is 10.6 Å². The Bertz CT molecular complexity index is 542. The van der Waals surface area contributed by atoms with E-state index >= 15 is 0 Å². The SMILES string of the molecule is COCCCCC(=O)Nc1ccc(C(=O)NC(C)C(=O)O)cc1. The van der Waals surface area contributed by atoms with Crippen molar-refractivity contribution in [2.45, 2.75) is 32.2 Å². The Morgan fingerprint density at radius 3 is 2.39 bits per heavy atom. The van der Waals surface area contributed by atoms with E-state index in [1.807, 2.05) is 0 Å². The number of hydrogen-bond acceptors (Lipinski definition) is 4. The first-order valence-electron chi connectivity index (χ1n) is 7.36. The molecule has 0 aliphatic heterocycles. The zero-order valence-corrected chi connectivity index (χ0v) is 13.3. The minimum absolute atomic E-state index is 0.0993. The van der Waals surface area contributed by atoms with Crippen LogP contribution in [-0.4, -0.2) is 42.6 Å². The third kappa shape index (κ3) is 6.92. The number of aliphatic carboxylic acids is 1. The van der Waals surface area contributed by atoms with Crippen molar-refractivity contribution in [2.75, 3.05) is 19.0 Å². The number of nitrogens with one attached hydrogen (secondary N) is 2. The van der Waals surface area contributed by atoms with Crippen LogP contribution in [0.15, 0.2) is 24.3 Å². The molecule has 3 N–H and O–H groups in total. The van der Waals surface area contributed by atoms with Crippen molar-refractivity contribution < 1.29 is 24.2 Å². The van der Waals surface area contributed by atoms with Crippen LogP contribution in [0.5, 0.6) is 0 Å². The summed E-state index contributed by atoms with van der Waals surface area (Å²) in [6, 6.07) is 5.31. The molecule has 0 bridgehead atoms. The minimum Gasteiger partial charge on any atom is -0.480 e. The number of methoxy groups -OCH3 is 1. The zero-order valence-electron chi connectivity index (χ0n) is 13.3. The Morgan fingerprint density at radius 1 is 1.17 bits per heavy atom. The number of ether oxygens (including phenoxy) is 1. The molecule has 0 aliphatic rings. The second-order valence-corrected chi connectivity index (χ2v) is 5.11. The lowest BCUT2D eigenvalue weighted by atomic mass is 10.1. The van der Waals surface area contributed by atoms with Crippen LogP contribution in [0.4, 0.5) is 5.69 Å². The van der Waals surface area contributed by atoms with E-state index in [1.54, 1.807) is 19.2 Å². The topological polar surface area (TPSA) is 105 Å². The van der Waals surface area contributed by atoms with Crippen molar-refractivity contribution in [3.63, 3.8) is 0 Å². The summed E-state index contributed by atoms with van der Waals surface area (Å²) >= 11 is 0. The van der Waals surface area contributed by atoms with E-state index in [4.69, 9.17) is 9.84 Å². The van der Waals surface area contributed by atoms with Crippen LogP contribution in [-0.2, 0) is 14.3 Å².